The van der Waals surface area contributed by atoms with Crippen molar-refractivity contribution < 1.29 is 9.21 Å². The Kier molecular flexibility index (Phi) is 4.31. The zero-order valence-electron chi connectivity index (χ0n) is 13.1. The molecule has 2 aromatic heterocycles. The number of carbonyl (C=O) groups excluding carboxylic acids is 1. The number of fused-ring (bicyclic) bond motifs is 1. The Morgan fingerprint density at radius 3 is 2.75 bits per heavy atom. The number of halogens is 1. The van der Waals surface area contributed by atoms with Gasteiger partial charge in [0.15, 0.2) is 5.76 Å². The molecule has 1 aromatic carbocycles. The maximum Gasteiger partial charge on any atom is 0.289 e. The van der Waals surface area contributed by atoms with E-state index in [-0.39, 0.29) is 5.91 Å². The normalized spacial score (nSPS) is 16.0. The molecule has 1 saturated heterocycles. The molecule has 1 aliphatic heterocycles. The number of piperazine rings is 1. The summed E-state index contributed by atoms with van der Waals surface area (Å²) in [5, 5.41) is 3.61. The van der Waals surface area contributed by atoms with Crippen LogP contribution in [0.4, 0.5) is 0 Å². The lowest BCUT2D eigenvalue weighted by Crippen LogP contribution is -2.48. The van der Waals surface area contributed by atoms with Crippen LogP contribution in [-0.2, 0) is 6.54 Å². The number of nitrogens with zero attached hydrogens (tertiary/aromatic N) is 2. The van der Waals surface area contributed by atoms with E-state index in [1.807, 2.05) is 11.0 Å². The molecule has 4 rings (SSSR count). The van der Waals surface area contributed by atoms with Crippen LogP contribution in [0.5, 0.6) is 0 Å². The van der Waals surface area contributed by atoms with E-state index in [2.05, 4.69) is 22.4 Å². The number of amides is 1. The first-order valence-corrected chi connectivity index (χ1v) is 9.18. The molecule has 0 N–H and O–H groups in total. The minimum atomic E-state index is -0.0434. The minimum Gasteiger partial charge on any atom is -0.451 e. The van der Waals surface area contributed by atoms with Crippen LogP contribution in [0.25, 0.3) is 11.0 Å². The molecule has 3 aromatic rings. The summed E-state index contributed by atoms with van der Waals surface area (Å²) >= 11 is 7.76. The van der Waals surface area contributed by atoms with E-state index in [4.69, 9.17) is 16.0 Å². The summed E-state index contributed by atoms with van der Waals surface area (Å²) in [5.74, 6) is 0.345. The Bertz CT molecular complexity index is 851. The Morgan fingerprint density at radius 2 is 2.00 bits per heavy atom. The number of furan rings is 1. The SMILES string of the molecule is O=C(c1cc2cc(Cl)ccc2o1)N1CCN(Cc2cccs2)CC1. The Morgan fingerprint density at radius 1 is 1.17 bits per heavy atom. The van der Waals surface area contributed by atoms with Gasteiger partial charge >= 0.3 is 0 Å². The monoisotopic (exact) mass is 360 g/mol. The number of benzene rings is 1. The number of rotatable bonds is 3. The highest BCUT2D eigenvalue weighted by Gasteiger charge is 2.24. The fraction of sp³-hybridized carbons (Fsp3) is 0.278. The summed E-state index contributed by atoms with van der Waals surface area (Å²) in [6, 6.07) is 11.4. The lowest BCUT2D eigenvalue weighted by molar-refractivity contribution is 0.0601. The predicted octanol–water partition coefficient (Wildman–Crippen LogP) is 4.11. The van der Waals surface area contributed by atoms with Crippen molar-refractivity contribution >= 4 is 39.8 Å². The van der Waals surface area contributed by atoms with Crippen LogP contribution in [0.2, 0.25) is 5.02 Å². The molecule has 0 bridgehead atoms. The van der Waals surface area contributed by atoms with Gasteiger partial charge in [-0.1, -0.05) is 17.7 Å². The van der Waals surface area contributed by atoms with Gasteiger partial charge in [-0.15, -0.1) is 11.3 Å². The lowest BCUT2D eigenvalue weighted by Gasteiger charge is -2.34. The quantitative estimate of drug-likeness (QED) is 0.705. The maximum atomic E-state index is 12.7. The molecule has 0 spiro atoms. The average Bonchev–Trinajstić information content (AvgIpc) is 3.24. The highest BCUT2D eigenvalue weighted by molar-refractivity contribution is 7.09. The molecular weight excluding hydrogens is 344 g/mol. The van der Waals surface area contributed by atoms with Crippen LogP contribution in [-0.4, -0.2) is 41.9 Å². The van der Waals surface area contributed by atoms with Crippen LogP contribution in [0.1, 0.15) is 15.4 Å². The zero-order valence-corrected chi connectivity index (χ0v) is 14.6. The van der Waals surface area contributed by atoms with Gasteiger partial charge in [-0.25, -0.2) is 0 Å². The third-order valence-electron chi connectivity index (χ3n) is 4.31. The molecular formula is C18H17ClN2O2S. The van der Waals surface area contributed by atoms with Crippen molar-refractivity contribution in [2.75, 3.05) is 26.2 Å². The van der Waals surface area contributed by atoms with Gasteiger partial charge in [0.1, 0.15) is 5.58 Å². The largest absolute Gasteiger partial charge is 0.451 e. The van der Waals surface area contributed by atoms with Crippen molar-refractivity contribution in [3.63, 3.8) is 0 Å². The Balaban J connectivity index is 1.41. The van der Waals surface area contributed by atoms with Crippen LogP contribution >= 0.6 is 22.9 Å². The van der Waals surface area contributed by atoms with Gasteiger partial charge in [0.25, 0.3) is 5.91 Å². The topological polar surface area (TPSA) is 36.7 Å². The third-order valence-corrected chi connectivity index (χ3v) is 5.40. The molecule has 24 heavy (non-hydrogen) atoms. The summed E-state index contributed by atoms with van der Waals surface area (Å²) in [4.78, 5) is 18.3. The van der Waals surface area contributed by atoms with Gasteiger partial charge in [0.2, 0.25) is 0 Å². The summed E-state index contributed by atoms with van der Waals surface area (Å²) in [6.45, 7) is 4.18. The predicted molar refractivity (Wildman–Crippen MR) is 96.7 cm³/mol. The molecule has 0 aliphatic carbocycles. The van der Waals surface area contributed by atoms with Crippen molar-refractivity contribution in [1.82, 2.24) is 9.80 Å². The molecule has 6 heteroatoms. The highest BCUT2D eigenvalue weighted by atomic mass is 35.5. The minimum absolute atomic E-state index is 0.0434. The van der Waals surface area contributed by atoms with Crippen LogP contribution in [0.3, 0.4) is 0 Å². The molecule has 4 nitrogen and oxygen atoms in total. The zero-order chi connectivity index (χ0) is 16.5. The van der Waals surface area contributed by atoms with Gasteiger partial charge in [0, 0.05) is 48.0 Å². The first-order chi connectivity index (χ1) is 11.7. The van der Waals surface area contributed by atoms with Gasteiger partial charge in [-0.05, 0) is 35.7 Å². The molecule has 0 radical (unpaired) electrons. The Hall–Kier alpha value is -1.82. The van der Waals surface area contributed by atoms with Crippen molar-refractivity contribution in [3.8, 4) is 0 Å². The van der Waals surface area contributed by atoms with E-state index in [1.54, 1.807) is 29.5 Å². The van der Waals surface area contributed by atoms with E-state index in [1.165, 1.54) is 4.88 Å². The molecule has 1 fully saturated rings. The number of hydrogen-bond donors (Lipinski definition) is 0. The molecule has 1 amide bonds. The smallest absolute Gasteiger partial charge is 0.289 e. The average molecular weight is 361 g/mol. The van der Waals surface area contributed by atoms with Crippen LogP contribution < -0.4 is 0 Å². The van der Waals surface area contributed by atoms with Crippen molar-refractivity contribution in [3.05, 3.63) is 57.4 Å². The van der Waals surface area contributed by atoms with Crippen LogP contribution in [0.15, 0.2) is 46.2 Å². The summed E-state index contributed by atoms with van der Waals surface area (Å²) in [7, 11) is 0. The van der Waals surface area contributed by atoms with Gasteiger partial charge in [-0.3, -0.25) is 9.69 Å². The second kappa shape index (κ2) is 6.59. The first-order valence-electron chi connectivity index (χ1n) is 7.92. The fourth-order valence-corrected chi connectivity index (χ4v) is 3.93. The van der Waals surface area contributed by atoms with Crippen molar-refractivity contribution in [2.45, 2.75) is 6.54 Å². The summed E-state index contributed by atoms with van der Waals surface area (Å²) in [6.07, 6.45) is 0. The van der Waals surface area contributed by atoms with Gasteiger partial charge < -0.3 is 9.32 Å². The van der Waals surface area contributed by atoms with Gasteiger partial charge in [0.05, 0.1) is 0 Å². The molecule has 1 aliphatic rings. The number of thiophene rings is 1. The fourth-order valence-electron chi connectivity index (χ4n) is 3.01. The highest BCUT2D eigenvalue weighted by Crippen LogP contribution is 2.24. The summed E-state index contributed by atoms with van der Waals surface area (Å²) in [5.41, 5.74) is 0.694. The molecule has 124 valence electrons. The van der Waals surface area contributed by atoms with E-state index < -0.39 is 0 Å². The van der Waals surface area contributed by atoms with Crippen molar-refractivity contribution in [1.29, 1.82) is 0 Å². The third kappa shape index (κ3) is 3.20. The molecule has 0 saturated carbocycles. The second-order valence-electron chi connectivity index (χ2n) is 5.94. The van der Waals surface area contributed by atoms with E-state index >= 15 is 0 Å². The van der Waals surface area contributed by atoms with Crippen LogP contribution in [0, 0.1) is 0 Å². The summed E-state index contributed by atoms with van der Waals surface area (Å²) < 4.78 is 5.69. The van der Waals surface area contributed by atoms with E-state index in [9.17, 15) is 4.79 Å². The first kappa shape index (κ1) is 15.7. The Labute approximate surface area is 149 Å². The molecule has 0 atom stereocenters. The second-order valence-corrected chi connectivity index (χ2v) is 7.41. The van der Waals surface area contributed by atoms with E-state index in [0.29, 0.717) is 16.4 Å². The molecule has 3 heterocycles. The van der Waals surface area contributed by atoms with E-state index in [0.717, 1.165) is 38.1 Å². The standard InChI is InChI=1S/C18H17ClN2O2S/c19-14-3-4-16-13(10-14)11-17(23-16)18(22)21-7-5-20(6-8-21)12-15-2-1-9-24-15/h1-4,9-11H,5-8,12H2. The molecule has 0 unspecified atom stereocenters. The maximum absolute atomic E-state index is 12.7. The number of hydrogen-bond acceptors (Lipinski definition) is 4. The lowest BCUT2D eigenvalue weighted by atomic mass is 10.2. The van der Waals surface area contributed by atoms with Gasteiger partial charge in [-0.2, -0.15) is 0 Å². The van der Waals surface area contributed by atoms with Crippen molar-refractivity contribution in [2.24, 2.45) is 0 Å². The number of carbonyl (C=O) groups is 1.